The molecule has 1 heterocycles. The van der Waals surface area contributed by atoms with Gasteiger partial charge in [-0.3, -0.25) is 9.78 Å². The fourth-order valence-electron chi connectivity index (χ4n) is 4.15. The average molecular weight is 424 g/mol. The number of anilines is 1. The molecule has 3 aromatic rings. The first kappa shape index (κ1) is 20.6. The molecule has 4 rings (SSSR count). The molecule has 1 aliphatic carbocycles. The predicted octanol–water partition coefficient (Wildman–Crippen LogP) is 5.12. The fourth-order valence-corrected chi connectivity index (χ4v) is 4.31. The lowest BCUT2D eigenvalue weighted by Gasteiger charge is -2.31. The Kier molecular flexibility index (Phi) is 6.50. The van der Waals surface area contributed by atoms with Crippen LogP contribution in [0.1, 0.15) is 37.4 Å². The van der Waals surface area contributed by atoms with Crippen LogP contribution in [0, 0.1) is 0 Å². The molecule has 6 heteroatoms. The quantitative estimate of drug-likeness (QED) is 0.578. The SMILES string of the molecule is CO[C@@H](C(=O)NC1CCC(Nc2ccnc3cc(Cl)ccc23)CC1)c1ccccc1. The van der Waals surface area contributed by atoms with Crippen LogP contribution in [0.4, 0.5) is 5.69 Å². The second kappa shape index (κ2) is 9.45. The molecular formula is C24H26ClN3O2. The summed E-state index contributed by atoms with van der Waals surface area (Å²) in [6.45, 7) is 0. The highest BCUT2D eigenvalue weighted by atomic mass is 35.5. The number of benzene rings is 2. The third-order valence-electron chi connectivity index (χ3n) is 5.71. The Balaban J connectivity index is 1.34. The Labute approximate surface area is 181 Å². The number of nitrogens with one attached hydrogen (secondary N) is 2. The van der Waals surface area contributed by atoms with Crippen molar-refractivity contribution in [3.63, 3.8) is 0 Å². The summed E-state index contributed by atoms with van der Waals surface area (Å²) < 4.78 is 5.45. The van der Waals surface area contributed by atoms with Gasteiger partial charge in [0.2, 0.25) is 0 Å². The Hall–Kier alpha value is -2.63. The minimum atomic E-state index is -0.572. The summed E-state index contributed by atoms with van der Waals surface area (Å²) >= 11 is 6.09. The molecule has 156 valence electrons. The van der Waals surface area contributed by atoms with E-state index < -0.39 is 6.10 Å². The largest absolute Gasteiger partial charge is 0.382 e. The number of carbonyl (C=O) groups excluding carboxylic acids is 1. The van der Waals surface area contributed by atoms with Crippen molar-refractivity contribution in [1.82, 2.24) is 10.3 Å². The summed E-state index contributed by atoms with van der Waals surface area (Å²) in [4.78, 5) is 17.1. The van der Waals surface area contributed by atoms with E-state index in [0.717, 1.165) is 47.8 Å². The van der Waals surface area contributed by atoms with E-state index in [1.54, 1.807) is 13.3 Å². The number of halogens is 1. The van der Waals surface area contributed by atoms with E-state index in [0.29, 0.717) is 11.1 Å². The molecule has 0 aliphatic heterocycles. The number of pyridine rings is 1. The van der Waals surface area contributed by atoms with Crippen LogP contribution in [-0.2, 0) is 9.53 Å². The molecule has 2 N–H and O–H groups in total. The van der Waals surface area contributed by atoms with Gasteiger partial charge in [0.05, 0.1) is 5.52 Å². The number of hydrogen-bond donors (Lipinski definition) is 2. The molecule has 0 saturated heterocycles. The number of methoxy groups -OCH3 is 1. The van der Waals surface area contributed by atoms with Gasteiger partial charge in [0.15, 0.2) is 6.10 Å². The maximum Gasteiger partial charge on any atom is 0.253 e. The normalized spacial score (nSPS) is 19.9. The van der Waals surface area contributed by atoms with Crippen molar-refractivity contribution in [3.05, 3.63) is 71.4 Å². The summed E-state index contributed by atoms with van der Waals surface area (Å²) in [5, 5.41) is 8.59. The van der Waals surface area contributed by atoms with Crippen LogP contribution in [0.3, 0.4) is 0 Å². The van der Waals surface area contributed by atoms with Crippen LogP contribution < -0.4 is 10.6 Å². The fraction of sp³-hybridized carbons (Fsp3) is 0.333. The molecule has 0 radical (unpaired) electrons. The van der Waals surface area contributed by atoms with Crippen molar-refractivity contribution in [2.24, 2.45) is 0 Å². The van der Waals surface area contributed by atoms with Crippen molar-refractivity contribution in [1.29, 1.82) is 0 Å². The molecule has 0 spiro atoms. The zero-order valence-electron chi connectivity index (χ0n) is 17.0. The number of rotatable bonds is 6. The van der Waals surface area contributed by atoms with Crippen LogP contribution >= 0.6 is 11.6 Å². The first-order valence-corrected chi connectivity index (χ1v) is 10.7. The summed E-state index contributed by atoms with van der Waals surface area (Å²) in [7, 11) is 1.57. The molecule has 2 aromatic carbocycles. The van der Waals surface area contributed by atoms with Gasteiger partial charge in [-0.05, 0) is 55.5 Å². The molecule has 30 heavy (non-hydrogen) atoms. The molecule has 0 unspecified atom stereocenters. The van der Waals surface area contributed by atoms with Gasteiger partial charge in [-0.25, -0.2) is 0 Å². The third kappa shape index (κ3) is 4.74. The van der Waals surface area contributed by atoms with Gasteiger partial charge in [0.1, 0.15) is 0 Å². The average Bonchev–Trinajstić information content (AvgIpc) is 2.76. The second-order valence-corrected chi connectivity index (χ2v) is 8.18. The van der Waals surface area contributed by atoms with Gasteiger partial charge >= 0.3 is 0 Å². The second-order valence-electron chi connectivity index (χ2n) is 7.75. The van der Waals surface area contributed by atoms with E-state index in [-0.39, 0.29) is 11.9 Å². The maximum atomic E-state index is 12.7. The molecule has 1 fully saturated rings. The zero-order valence-corrected chi connectivity index (χ0v) is 17.7. The van der Waals surface area contributed by atoms with Crippen LogP contribution in [0.25, 0.3) is 10.9 Å². The number of hydrogen-bond acceptors (Lipinski definition) is 4. The zero-order chi connectivity index (χ0) is 20.9. The van der Waals surface area contributed by atoms with Crippen LogP contribution in [0.5, 0.6) is 0 Å². The summed E-state index contributed by atoms with van der Waals surface area (Å²) in [6, 6.07) is 17.9. The number of fused-ring (bicyclic) bond motifs is 1. The smallest absolute Gasteiger partial charge is 0.253 e. The van der Waals surface area contributed by atoms with Crippen molar-refractivity contribution >= 4 is 34.1 Å². The topological polar surface area (TPSA) is 63.2 Å². The summed E-state index contributed by atoms with van der Waals surface area (Å²) in [6.07, 6.45) is 5.09. The van der Waals surface area contributed by atoms with Crippen molar-refractivity contribution in [2.75, 3.05) is 12.4 Å². The summed E-state index contributed by atoms with van der Waals surface area (Å²) in [5.41, 5.74) is 2.84. The van der Waals surface area contributed by atoms with E-state index >= 15 is 0 Å². The minimum Gasteiger partial charge on any atom is -0.382 e. The van der Waals surface area contributed by atoms with Crippen LogP contribution in [0.15, 0.2) is 60.8 Å². The van der Waals surface area contributed by atoms with E-state index in [2.05, 4.69) is 15.6 Å². The van der Waals surface area contributed by atoms with Crippen molar-refractivity contribution in [3.8, 4) is 0 Å². The van der Waals surface area contributed by atoms with Crippen LogP contribution in [-0.4, -0.2) is 30.1 Å². The molecule has 1 saturated carbocycles. The van der Waals surface area contributed by atoms with E-state index in [9.17, 15) is 4.79 Å². The molecule has 1 aliphatic rings. The molecular weight excluding hydrogens is 398 g/mol. The maximum absolute atomic E-state index is 12.7. The summed E-state index contributed by atoms with van der Waals surface area (Å²) in [5.74, 6) is -0.0721. The van der Waals surface area contributed by atoms with Crippen molar-refractivity contribution in [2.45, 2.75) is 43.9 Å². The highest BCUT2D eigenvalue weighted by molar-refractivity contribution is 6.31. The molecule has 0 bridgehead atoms. The van der Waals surface area contributed by atoms with Crippen molar-refractivity contribution < 1.29 is 9.53 Å². The van der Waals surface area contributed by atoms with E-state index in [1.807, 2.05) is 54.6 Å². The van der Waals surface area contributed by atoms with Gasteiger partial charge in [0, 0.05) is 41.5 Å². The number of nitrogens with zero attached hydrogens (tertiary/aromatic N) is 1. The lowest BCUT2D eigenvalue weighted by Crippen LogP contribution is -2.42. The molecule has 1 atom stereocenters. The highest BCUT2D eigenvalue weighted by Crippen LogP contribution is 2.28. The monoisotopic (exact) mass is 423 g/mol. The van der Waals surface area contributed by atoms with Gasteiger partial charge in [-0.2, -0.15) is 0 Å². The van der Waals surface area contributed by atoms with Crippen LogP contribution in [0.2, 0.25) is 5.02 Å². The van der Waals surface area contributed by atoms with E-state index in [1.165, 1.54) is 0 Å². The lowest BCUT2D eigenvalue weighted by atomic mass is 9.90. The predicted molar refractivity (Wildman–Crippen MR) is 121 cm³/mol. The van der Waals surface area contributed by atoms with Gasteiger partial charge < -0.3 is 15.4 Å². The number of amides is 1. The number of ether oxygens (including phenoxy) is 1. The molecule has 1 aromatic heterocycles. The Morgan fingerprint density at radius 2 is 1.80 bits per heavy atom. The van der Waals surface area contributed by atoms with Gasteiger partial charge in [-0.15, -0.1) is 0 Å². The Morgan fingerprint density at radius 3 is 2.53 bits per heavy atom. The Morgan fingerprint density at radius 1 is 1.07 bits per heavy atom. The van der Waals surface area contributed by atoms with Gasteiger partial charge in [0.25, 0.3) is 5.91 Å². The van der Waals surface area contributed by atoms with E-state index in [4.69, 9.17) is 16.3 Å². The third-order valence-corrected chi connectivity index (χ3v) is 5.95. The first-order valence-electron chi connectivity index (χ1n) is 10.3. The number of carbonyl (C=O) groups is 1. The lowest BCUT2D eigenvalue weighted by molar-refractivity contribution is -0.132. The number of aromatic nitrogens is 1. The molecule has 5 nitrogen and oxygen atoms in total. The highest BCUT2D eigenvalue weighted by Gasteiger charge is 2.26. The first-order chi connectivity index (χ1) is 14.6. The Bertz CT molecular complexity index is 1000. The molecule has 1 amide bonds. The minimum absolute atomic E-state index is 0.0721. The standard InChI is InChI=1S/C24H26ClN3O2/c1-30-23(16-5-3-2-4-6-16)24(29)28-19-10-8-18(9-11-19)27-21-13-14-26-22-15-17(25)7-12-20(21)22/h2-7,12-15,18-19,23H,8-11H2,1H3,(H,26,27)(H,28,29)/t18?,19?,23-/m1/s1. The van der Waals surface area contributed by atoms with Gasteiger partial charge in [-0.1, -0.05) is 41.9 Å².